The topological polar surface area (TPSA) is 95.2 Å². The van der Waals surface area contributed by atoms with Gasteiger partial charge in [0, 0.05) is 23.1 Å². The first-order valence-corrected chi connectivity index (χ1v) is 8.90. The Bertz CT molecular complexity index is 1110. The van der Waals surface area contributed by atoms with Gasteiger partial charge >= 0.3 is 11.6 Å². The van der Waals surface area contributed by atoms with E-state index in [1.807, 2.05) is 6.92 Å². The van der Waals surface area contributed by atoms with Crippen LogP contribution in [0, 0.1) is 0 Å². The molecule has 144 valence electrons. The molecule has 0 atom stereocenters. The highest BCUT2D eigenvalue weighted by molar-refractivity contribution is 5.90. The molecule has 0 radical (unpaired) electrons. The van der Waals surface area contributed by atoms with Crippen molar-refractivity contribution in [2.45, 2.75) is 20.0 Å². The van der Waals surface area contributed by atoms with Crippen LogP contribution in [0.25, 0.3) is 11.0 Å². The lowest BCUT2D eigenvalue weighted by Crippen LogP contribution is -2.16. The Labute approximate surface area is 160 Å². The number of carbonyl (C=O) groups is 1. The smallest absolute Gasteiger partial charge is 0.338 e. The van der Waals surface area contributed by atoms with E-state index < -0.39 is 11.6 Å². The number of phenols is 1. The minimum Gasteiger partial charge on any atom is -0.508 e. The van der Waals surface area contributed by atoms with Crippen LogP contribution in [0.3, 0.4) is 0 Å². The van der Waals surface area contributed by atoms with Crippen LogP contribution in [-0.2, 0) is 17.8 Å². The first-order chi connectivity index (χ1) is 13.5. The van der Waals surface area contributed by atoms with Gasteiger partial charge in [0.05, 0.1) is 5.56 Å². The fourth-order valence-electron chi connectivity index (χ4n) is 3.11. The van der Waals surface area contributed by atoms with Crippen molar-refractivity contribution in [3.63, 3.8) is 0 Å². The van der Waals surface area contributed by atoms with E-state index in [2.05, 4.69) is 0 Å². The largest absolute Gasteiger partial charge is 0.508 e. The average molecular weight is 382 g/mol. The van der Waals surface area contributed by atoms with Gasteiger partial charge < -0.3 is 23.7 Å². The fraction of sp³-hybridized carbons (Fsp3) is 0.238. The number of ether oxygens (including phenoxy) is 3. The molecule has 1 N–H and O–H groups in total. The van der Waals surface area contributed by atoms with E-state index in [0.29, 0.717) is 53.2 Å². The molecule has 0 saturated carbocycles. The fourth-order valence-corrected chi connectivity index (χ4v) is 3.11. The van der Waals surface area contributed by atoms with Crippen LogP contribution in [0.2, 0.25) is 0 Å². The van der Waals surface area contributed by atoms with Crippen molar-refractivity contribution >= 4 is 16.9 Å². The van der Waals surface area contributed by atoms with Crippen LogP contribution in [0.5, 0.6) is 17.2 Å². The van der Waals surface area contributed by atoms with E-state index in [-0.39, 0.29) is 17.9 Å². The number of esters is 1. The molecule has 28 heavy (non-hydrogen) atoms. The van der Waals surface area contributed by atoms with E-state index >= 15 is 0 Å². The zero-order valence-electron chi connectivity index (χ0n) is 15.2. The van der Waals surface area contributed by atoms with Crippen molar-refractivity contribution in [2.75, 3.05) is 13.2 Å². The third-order valence-electron chi connectivity index (χ3n) is 4.55. The van der Waals surface area contributed by atoms with Gasteiger partial charge in [-0.15, -0.1) is 0 Å². The molecule has 1 aromatic heterocycles. The Hall–Kier alpha value is -3.48. The van der Waals surface area contributed by atoms with Crippen molar-refractivity contribution in [3.05, 3.63) is 63.5 Å². The molecule has 2 aromatic carbocycles. The molecular formula is C21H18O7. The Morgan fingerprint density at radius 2 is 1.86 bits per heavy atom. The summed E-state index contributed by atoms with van der Waals surface area (Å²) in [4.78, 5) is 24.3. The second-order valence-electron chi connectivity index (χ2n) is 6.36. The Balaban J connectivity index is 1.60. The lowest BCUT2D eigenvalue weighted by molar-refractivity contribution is 0.0472. The number of fused-ring (bicyclic) bond motifs is 2. The molecule has 7 nitrogen and oxygen atoms in total. The number of hydrogen-bond acceptors (Lipinski definition) is 7. The summed E-state index contributed by atoms with van der Waals surface area (Å²) in [6, 6.07) is 9.26. The molecule has 0 unspecified atom stereocenters. The summed E-state index contributed by atoms with van der Waals surface area (Å²) in [5.74, 6) is 0.590. The van der Waals surface area contributed by atoms with Gasteiger partial charge in [-0.25, -0.2) is 9.59 Å². The number of benzene rings is 2. The molecule has 3 aromatic rings. The van der Waals surface area contributed by atoms with Gasteiger partial charge in [-0.3, -0.25) is 0 Å². The van der Waals surface area contributed by atoms with Gasteiger partial charge in [0.25, 0.3) is 0 Å². The number of hydrogen-bond donors (Lipinski definition) is 1. The zero-order chi connectivity index (χ0) is 19.7. The molecule has 0 aliphatic carbocycles. The minimum absolute atomic E-state index is 0.0589. The van der Waals surface area contributed by atoms with E-state index in [9.17, 15) is 14.7 Å². The van der Waals surface area contributed by atoms with Gasteiger partial charge in [0.2, 0.25) is 0 Å². The maximum atomic E-state index is 12.4. The van der Waals surface area contributed by atoms with E-state index in [4.69, 9.17) is 18.6 Å². The highest BCUT2D eigenvalue weighted by atomic mass is 16.6. The van der Waals surface area contributed by atoms with Crippen LogP contribution in [0.1, 0.15) is 28.4 Å². The van der Waals surface area contributed by atoms with Crippen molar-refractivity contribution in [3.8, 4) is 17.2 Å². The first-order valence-electron chi connectivity index (χ1n) is 8.90. The molecule has 0 saturated heterocycles. The summed E-state index contributed by atoms with van der Waals surface area (Å²) >= 11 is 0. The second-order valence-corrected chi connectivity index (χ2v) is 6.36. The van der Waals surface area contributed by atoms with Crippen molar-refractivity contribution in [1.29, 1.82) is 0 Å². The predicted molar refractivity (Wildman–Crippen MR) is 100 cm³/mol. The molecule has 0 spiro atoms. The average Bonchev–Trinajstić information content (AvgIpc) is 2.70. The predicted octanol–water partition coefficient (Wildman–Crippen LogP) is 3.19. The third-order valence-corrected chi connectivity index (χ3v) is 4.55. The van der Waals surface area contributed by atoms with Gasteiger partial charge in [-0.1, -0.05) is 6.92 Å². The summed E-state index contributed by atoms with van der Waals surface area (Å²) in [7, 11) is 0. The summed E-state index contributed by atoms with van der Waals surface area (Å²) in [5.41, 5.74) is 1.20. The van der Waals surface area contributed by atoms with E-state index in [1.54, 1.807) is 24.3 Å². The SMILES string of the molecule is CCc1cc2c(COC(=O)c3ccc4c(c3)OCCO4)cc(=O)oc2cc1O. The quantitative estimate of drug-likeness (QED) is 0.547. The molecular weight excluding hydrogens is 364 g/mol. The van der Waals surface area contributed by atoms with Crippen LogP contribution in [0.15, 0.2) is 45.6 Å². The molecule has 1 aliphatic rings. The summed E-state index contributed by atoms with van der Waals surface area (Å²) in [6.45, 7) is 2.69. The molecule has 7 heteroatoms. The van der Waals surface area contributed by atoms with Crippen molar-refractivity contribution < 1.29 is 28.5 Å². The van der Waals surface area contributed by atoms with Gasteiger partial charge in [0.15, 0.2) is 11.5 Å². The first kappa shape index (κ1) is 17.9. The highest BCUT2D eigenvalue weighted by Crippen LogP contribution is 2.31. The van der Waals surface area contributed by atoms with E-state index in [0.717, 1.165) is 0 Å². The van der Waals surface area contributed by atoms with Crippen LogP contribution in [0.4, 0.5) is 0 Å². The van der Waals surface area contributed by atoms with E-state index in [1.165, 1.54) is 12.1 Å². The Morgan fingerprint density at radius 3 is 2.64 bits per heavy atom. The molecule has 2 heterocycles. The lowest BCUT2D eigenvalue weighted by atomic mass is 10.0. The maximum Gasteiger partial charge on any atom is 0.338 e. The van der Waals surface area contributed by atoms with Crippen LogP contribution < -0.4 is 15.1 Å². The lowest BCUT2D eigenvalue weighted by Gasteiger charge is -2.18. The highest BCUT2D eigenvalue weighted by Gasteiger charge is 2.17. The summed E-state index contributed by atoms with van der Waals surface area (Å²) in [5, 5.41) is 10.6. The molecule has 0 fully saturated rings. The summed E-state index contributed by atoms with van der Waals surface area (Å²) < 4.78 is 21.5. The van der Waals surface area contributed by atoms with Crippen molar-refractivity contribution in [2.24, 2.45) is 0 Å². The monoisotopic (exact) mass is 382 g/mol. The number of aryl methyl sites for hydroxylation is 1. The molecule has 0 amide bonds. The minimum atomic E-state index is -0.582. The molecule has 4 rings (SSSR count). The number of phenolic OH excluding ortho intramolecular Hbond substituents is 1. The zero-order valence-corrected chi connectivity index (χ0v) is 15.2. The second kappa shape index (κ2) is 7.26. The standard InChI is InChI=1S/C21H18O7/c1-2-12-7-15-14(9-20(23)28-18(15)10-16(12)22)11-27-21(24)13-3-4-17-19(8-13)26-6-5-25-17/h3-4,7-10,22H,2,5-6,11H2,1H3. The number of aromatic hydroxyl groups is 1. The van der Waals surface area contributed by atoms with Gasteiger partial charge in [0.1, 0.15) is 31.2 Å². The van der Waals surface area contributed by atoms with Crippen LogP contribution >= 0.6 is 0 Å². The number of rotatable bonds is 4. The molecule has 0 bridgehead atoms. The van der Waals surface area contributed by atoms with Gasteiger partial charge in [-0.2, -0.15) is 0 Å². The maximum absolute atomic E-state index is 12.4. The van der Waals surface area contributed by atoms with Crippen molar-refractivity contribution in [1.82, 2.24) is 0 Å². The normalized spacial score (nSPS) is 12.8. The Kier molecular flexibility index (Phi) is 4.65. The third kappa shape index (κ3) is 3.38. The number of carbonyl (C=O) groups excluding carboxylic acids is 1. The Morgan fingerprint density at radius 1 is 1.07 bits per heavy atom. The van der Waals surface area contributed by atoms with Gasteiger partial charge in [-0.05, 0) is 36.2 Å². The van der Waals surface area contributed by atoms with Crippen LogP contribution in [-0.4, -0.2) is 24.3 Å². The summed E-state index contributed by atoms with van der Waals surface area (Å²) in [6.07, 6.45) is 0.608. The molecule has 1 aliphatic heterocycles.